The van der Waals surface area contributed by atoms with Crippen LogP contribution in [0.25, 0.3) is 71.7 Å². The summed E-state index contributed by atoms with van der Waals surface area (Å²) in [5, 5.41) is 8.47. The van der Waals surface area contributed by atoms with Crippen molar-refractivity contribution in [3.05, 3.63) is 149 Å². The van der Waals surface area contributed by atoms with E-state index in [4.69, 9.17) is 9.84 Å². The topological polar surface area (TPSA) is 26.5 Å². The predicted molar refractivity (Wildman–Crippen MR) is 202 cm³/mol. The van der Waals surface area contributed by atoms with Gasteiger partial charge in [-0.25, -0.2) is 4.52 Å². The second-order valence-electron chi connectivity index (χ2n) is 13.2. The number of ether oxygens (including phenoxy) is 1. The summed E-state index contributed by atoms with van der Waals surface area (Å²) in [6, 6.07) is 42.0. The maximum atomic E-state index is 6.10. The van der Waals surface area contributed by atoms with Crippen molar-refractivity contribution in [2.75, 3.05) is 7.11 Å². The van der Waals surface area contributed by atoms with Gasteiger partial charge in [-0.1, -0.05) is 90.5 Å². The Bertz CT molecular complexity index is 2520. The molecule has 3 heteroatoms. The Morgan fingerprint density at radius 1 is 0.500 bits per heavy atom. The van der Waals surface area contributed by atoms with Gasteiger partial charge in [0.15, 0.2) is 0 Å². The smallest absolute Gasteiger partial charge is 0.134 e. The SMILES string of the molecule is COc1c(-c2ccccc2)cc(C)cc1-c1cc(C)c(-c2ccc3c(c2)c2ccnn2c2cccc(-c4ccc(C)cc4C)c32)c(C)c1. The molecule has 0 aliphatic rings. The Morgan fingerprint density at radius 3 is 1.98 bits per heavy atom. The lowest BCUT2D eigenvalue weighted by atomic mass is 9.88. The zero-order valence-corrected chi connectivity index (χ0v) is 28.3. The number of methoxy groups -OCH3 is 1. The van der Waals surface area contributed by atoms with Crippen LogP contribution >= 0.6 is 0 Å². The van der Waals surface area contributed by atoms with Crippen LogP contribution in [0.15, 0.2) is 121 Å². The second-order valence-corrected chi connectivity index (χ2v) is 13.2. The molecule has 6 aromatic carbocycles. The molecular weight excluding hydrogens is 585 g/mol. The van der Waals surface area contributed by atoms with Crippen LogP contribution in [0.5, 0.6) is 5.75 Å². The molecule has 234 valence electrons. The van der Waals surface area contributed by atoms with E-state index < -0.39 is 0 Å². The van der Waals surface area contributed by atoms with Gasteiger partial charge in [0.05, 0.1) is 24.3 Å². The van der Waals surface area contributed by atoms with Crippen molar-refractivity contribution < 1.29 is 4.74 Å². The summed E-state index contributed by atoms with van der Waals surface area (Å²) in [6.45, 7) is 11.0. The van der Waals surface area contributed by atoms with Gasteiger partial charge in [0.1, 0.15) is 5.75 Å². The van der Waals surface area contributed by atoms with Crippen LogP contribution in [0.1, 0.15) is 27.8 Å². The summed E-state index contributed by atoms with van der Waals surface area (Å²) in [4.78, 5) is 0. The minimum absolute atomic E-state index is 0.902. The van der Waals surface area contributed by atoms with Crippen LogP contribution in [-0.4, -0.2) is 16.7 Å². The predicted octanol–water partition coefficient (Wildman–Crippen LogP) is 11.9. The number of pyridine rings is 1. The zero-order chi connectivity index (χ0) is 33.1. The fourth-order valence-corrected chi connectivity index (χ4v) is 7.78. The van der Waals surface area contributed by atoms with E-state index in [-0.39, 0.29) is 0 Å². The first-order valence-corrected chi connectivity index (χ1v) is 16.6. The summed E-state index contributed by atoms with van der Waals surface area (Å²) in [7, 11) is 1.77. The Hall–Kier alpha value is -5.67. The first-order valence-electron chi connectivity index (χ1n) is 16.6. The number of hydrogen-bond donors (Lipinski definition) is 0. The van der Waals surface area contributed by atoms with Crippen LogP contribution in [0.4, 0.5) is 0 Å². The molecule has 0 unspecified atom stereocenters. The molecule has 0 spiro atoms. The van der Waals surface area contributed by atoms with Crippen LogP contribution in [-0.2, 0) is 0 Å². The number of aromatic nitrogens is 2. The van der Waals surface area contributed by atoms with E-state index in [2.05, 4.69) is 154 Å². The molecule has 2 heterocycles. The van der Waals surface area contributed by atoms with E-state index in [0.717, 1.165) is 39.0 Å². The summed E-state index contributed by atoms with van der Waals surface area (Å²) in [5.74, 6) is 0.902. The van der Waals surface area contributed by atoms with Gasteiger partial charge >= 0.3 is 0 Å². The average Bonchev–Trinajstić information content (AvgIpc) is 3.59. The molecule has 0 saturated carbocycles. The first-order chi connectivity index (χ1) is 23.3. The van der Waals surface area contributed by atoms with Gasteiger partial charge in [-0.2, -0.15) is 5.10 Å². The quantitative estimate of drug-likeness (QED) is 0.179. The summed E-state index contributed by atoms with van der Waals surface area (Å²) >= 11 is 0. The lowest BCUT2D eigenvalue weighted by molar-refractivity contribution is 0.418. The summed E-state index contributed by atoms with van der Waals surface area (Å²) in [6.07, 6.45) is 1.91. The van der Waals surface area contributed by atoms with Crippen molar-refractivity contribution in [1.29, 1.82) is 0 Å². The highest BCUT2D eigenvalue weighted by Gasteiger charge is 2.19. The van der Waals surface area contributed by atoms with Gasteiger partial charge < -0.3 is 4.74 Å². The van der Waals surface area contributed by atoms with Gasteiger partial charge in [-0.15, -0.1) is 0 Å². The molecule has 0 bridgehead atoms. The Labute approximate surface area is 282 Å². The standard InChI is InChI=1S/C45H38N2O/c1-27-15-17-35(29(3)21-27)36-13-10-14-42-44(36)37-18-16-33(26-40(37)41-19-20-46-47(41)42)43-30(4)24-34(25-31(43)5)39-23-28(2)22-38(45(39)48-6)32-11-8-7-9-12-32/h7-26H,1-6H3. The maximum absolute atomic E-state index is 6.10. The number of nitrogens with zero attached hydrogens (tertiary/aromatic N) is 2. The molecule has 0 aliphatic carbocycles. The van der Waals surface area contributed by atoms with Crippen molar-refractivity contribution in [1.82, 2.24) is 9.61 Å². The van der Waals surface area contributed by atoms with E-state index >= 15 is 0 Å². The van der Waals surface area contributed by atoms with Gasteiger partial charge in [0, 0.05) is 21.9 Å². The van der Waals surface area contributed by atoms with E-state index in [1.165, 1.54) is 66.2 Å². The first kappa shape index (κ1) is 29.7. The van der Waals surface area contributed by atoms with Gasteiger partial charge in [0.25, 0.3) is 0 Å². The van der Waals surface area contributed by atoms with E-state index in [1.807, 2.05) is 6.20 Å². The molecule has 0 amide bonds. The molecule has 3 nitrogen and oxygen atoms in total. The van der Waals surface area contributed by atoms with Crippen molar-refractivity contribution in [3.63, 3.8) is 0 Å². The molecule has 0 fully saturated rings. The molecule has 8 aromatic rings. The Morgan fingerprint density at radius 2 is 1.25 bits per heavy atom. The van der Waals surface area contributed by atoms with E-state index in [9.17, 15) is 0 Å². The summed E-state index contributed by atoms with van der Waals surface area (Å²) < 4.78 is 8.20. The lowest BCUT2D eigenvalue weighted by Crippen LogP contribution is -1.97. The fourth-order valence-electron chi connectivity index (χ4n) is 7.78. The molecule has 8 rings (SSSR count). The summed E-state index contributed by atoms with van der Waals surface area (Å²) in [5.41, 5.74) is 17.9. The largest absolute Gasteiger partial charge is 0.495 e. The zero-order valence-electron chi connectivity index (χ0n) is 28.3. The molecule has 0 aliphatic heterocycles. The molecule has 0 atom stereocenters. The number of benzene rings is 6. The third kappa shape index (κ3) is 4.77. The monoisotopic (exact) mass is 622 g/mol. The van der Waals surface area contributed by atoms with E-state index in [0.29, 0.717) is 0 Å². The lowest BCUT2D eigenvalue weighted by Gasteiger charge is -2.19. The van der Waals surface area contributed by atoms with Gasteiger partial charge in [-0.3, -0.25) is 0 Å². The highest BCUT2D eigenvalue weighted by Crippen LogP contribution is 2.43. The normalized spacial score (nSPS) is 11.5. The van der Waals surface area contributed by atoms with Crippen LogP contribution < -0.4 is 4.74 Å². The van der Waals surface area contributed by atoms with Crippen molar-refractivity contribution in [3.8, 4) is 50.3 Å². The molecule has 0 radical (unpaired) electrons. The van der Waals surface area contributed by atoms with Crippen molar-refractivity contribution >= 4 is 27.2 Å². The highest BCUT2D eigenvalue weighted by atomic mass is 16.5. The fraction of sp³-hybridized carbons (Fsp3) is 0.133. The molecule has 48 heavy (non-hydrogen) atoms. The molecular formula is C45H38N2O. The second kappa shape index (κ2) is 11.5. The molecule has 0 saturated heterocycles. The third-order valence-electron chi connectivity index (χ3n) is 9.80. The van der Waals surface area contributed by atoms with Crippen molar-refractivity contribution in [2.45, 2.75) is 34.6 Å². The molecule has 0 N–H and O–H groups in total. The number of fused-ring (bicyclic) bond motifs is 6. The third-order valence-corrected chi connectivity index (χ3v) is 9.80. The van der Waals surface area contributed by atoms with Gasteiger partial charge in [0.2, 0.25) is 0 Å². The van der Waals surface area contributed by atoms with E-state index in [1.54, 1.807) is 7.11 Å². The minimum atomic E-state index is 0.902. The number of rotatable bonds is 5. The number of hydrogen-bond acceptors (Lipinski definition) is 2. The molecule has 2 aromatic heterocycles. The average molecular weight is 623 g/mol. The number of aryl methyl sites for hydroxylation is 5. The highest BCUT2D eigenvalue weighted by molar-refractivity contribution is 6.18. The van der Waals surface area contributed by atoms with Crippen molar-refractivity contribution in [2.24, 2.45) is 0 Å². The van der Waals surface area contributed by atoms with Gasteiger partial charge in [-0.05, 0) is 126 Å². The van der Waals surface area contributed by atoms with Crippen LogP contribution in [0.3, 0.4) is 0 Å². The Balaban J connectivity index is 1.32. The van der Waals surface area contributed by atoms with Crippen LogP contribution in [0.2, 0.25) is 0 Å². The Kier molecular flexibility index (Phi) is 7.14. The minimum Gasteiger partial charge on any atom is -0.495 e. The maximum Gasteiger partial charge on any atom is 0.134 e. The van der Waals surface area contributed by atoms with Crippen LogP contribution in [0, 0.1) is 34.6 Å².